The van der Waals surface area contributed by atoms with Crippen molar-refractivity contribution in [1.29, 1.82) is 0 Å². The van der Waals surface area contributed by atoms with Crippen molar-refractivity contribution in [1.82, 2.24) is 10.2 Å². The van der Waals surface area contributed by atoms with Crippen LogP contribution in [0.2, 0.25) is 0 Å². The van der Waals surface area contributed by atoms with E-state index in [0.717, 1.165) is 5.56 Å². The summed E-state index contributed by atoms with van der Waals surface area (Å²) in [7, 11) is 1.49. The number of aryl methyl sites for hydroxylation is 1. The highest BCUT2D eigenvalue weighted by Crippen LogP contribution is 2.19. The Kier molecular flexibility index (Phi) is 8.26. The van der Waals surface area contributed by atoms with Gasteiger partial charge in [-0.1, -0.05) is 30.3 Å². The SMILES string of the molecule is COCCC(NC(=O)C1CCN(C(=O)CCc2ccccc2)CC1)C(=O)O. The molecule has 1 fully saturated rings. The Morgan fingerprint density at radius 3 is 2.48 bits per heavy atom. The second kappa shape index (κ2) is 10.7. The molecule has 1 atom stereocenters. The monoisotopic (exact) mass is 376 g/mol. The fourth-order valence-electron chi connectivity index (χ4n) is 3.23. The molecule has 1 aromatic rings. The molecule has 0 aliphatic carbocycles. The van der Waals surface area contributed by atoms with Crippen LogP contribution >= 0.6 is 0 Å². The Hall–Kier alpha value is -2.41. The van der Waals surface area contributed by atoms with Crippen LogP contribution in [0, 0.1) is 5.92 Å². The highest BCUT2D eigenvalue weighted by Gasteiger charge is 2.29. The number of ether oxygens (including phenoxy) is 1. The molecule has 27 heavy (non-hydrogen) atoms. The fraction of sp³-hybridized carbons (Fsp3) is 0.550. The molecule has 1 unspecified atom stereocenters. The van der Waals surface area contributed by atoms with Crippen molar-refractivity contribution in [3.05, 3.63) is 35.9 Å². The molecule has 2 amide bonds. The Morgan fingerprint density at radius 1 is 1.22 bits per heavy atom. The maximum absolute atomic E-state index is 12.4. The quantitative estimate of drug-likeness (QED) is 0.680. The first kappa shape index (κ1) is 20.9. The predicted octanol–water partition coefficient (Wildman–Crippen LogP) is 1.46. The van der Waals surface area contributed by atoms with Crippen LogP contribution in [-0.2, 0) is 25.5 Å². The van der Waals surface area contributed by atoms with Crippen LogP contribution in [0.4, 0.5) is 0 Å². The first-order chi connectivity index (χ1) is 13.0. The summed E-state index contributed by atoms with van der Waals surface area (Å²) >= 11 is 0. The van der Waals surface area contributed by atoms with E-state index in [1.54, 1.807) is 4.90 Å². The summed E-state index contributed by atoms with van der Waals surface area (Å²) in [6.45, 7) is 1.33. The van der Waals surface area contributed by atoms with Gasteiger partial charge in [0.25, 0.3) is 0 Å². The van der Waals surface area contributed by atoms with Crippen molar-refractivity contribution < 1.29 is 24.2 Å². The molecule has 0 radical (unpaired) electrons. The molecule has 148 valence electrons. The average Bonchev–Trinajstić information content (AvgIpc) is 2.69. The number of methoxy groups -OCH3 is 1. The first-order valence-electron chi connectivity index (χ1n) is 9.35. The highest BCUT2D eigenvalue weighted by atomic mass is 16.5. The summed E-state index contributed by atoms with van der Waals surface area (Å²) in [5.74, 6) is -1.47. The Morgan fingerprint density at radius 2 is 1.89 bits per heavy atom. The van der Waals surface area contributed by atoms with Crippen molar-refractivity contribution in [2.45, 2.75) is 38.1 Å². The topological polar surface area (TPSA) is 95.9 Å². The summed E-state index contributed by atoms with van der Waals surface area (Å²) in [6, 6.07) is 8.94. The van der Waals surface area contributed by atoms with Crippen molar-refractivity contribution >= 4 is 17.8 Å². The van der Waals surface area contributed by atoms with Gasteiger partial charge >= 0.3 is 5.97 Å². The molecule has 1 aliphatic rings. The van der Waals surface area contributed by atoms with Crippen molar-refractivity contribution in [3.8, 4) is 0 Å². The van der Waals surface area contributed by atoms with Crippen LogP contribution in [0.3, 0.4) is 0 Å². The zero-order valence-corrected chi connectivity index (χ0v) is 15.7. The lowest BCUT2D eigenvalue weighted by atomic mass is 9.95. The van der Waals surface area contributed by atoms with Crippen LogP contribution in [-0.4, -0.2) is 60.6 Å². The van der Waals surface area contributed by atoms with Gasteiger partial charge in [0.05, 0.1) is 0 Å². The number of nitrogens with zero attached hydrogens (tertiary/aromatic N) is 1. The molecule has 2 N–H and O–H groups in total. The van der Waals surface area contributed by atoms with Gasteiger partial charge in [0.1, 0.15) is 6.04 Å². The molecule has 1 aromatic carbocycles. The van der Waals surface area contributed by atoms with Crippen molar-refractivity contribution in [3.63, 3.8) is 0 Å². The van der Waals surface area contributed by atoms with Gasteiger partial charge in [-0.2, -0.15) is 0 Å². The fourth-order valence-corrected chi connectivity index (χ4v) is 3.23. The maximum Gasteiger partial charge on any atom is 0.326 e. The van der Waals surface area contributed by atoms with Gasteiger partial charge in [0.15, 0.2) is 0 Å². The lowest BCUT2D eigenvalue weighted by Gasteiger charge is -2.32. The highest BCUT2D eigenvalue weighted by molar-refractivity contribution is 5.85. The van der Waals surface area contributed by atoms with E-state index in [1.807, 2.05) is 30.3 Å². The second-order valence-electron chi connectivity index (χ2n) is 6.82. The van der Waals surface area contributed by atoms with Crippen molar-refractivity contribution in [2.75, 3.05) is 26.8 Å². The largest absolute Gasteiger partial charge is 0.480 e. The Bertz CT molecular complexity index is 627. The average molecular weight is 376 g/mol. The van der Waals surface area contributed by atoms with Gasteiger partial charge < -0.3 is 20.1 Å². The molecule has 0 bridgehead atoms. The maximum atomic E-state index is 12.4. The minimum Gasteiger partial charge on any atom is -0.480 e. The molecular weight excluding hydrogens is 348 g/mol. The van der Waals surface area contributed by atoms with E-state index in [2.05, 4.69) is 5.32 Å². The number of carbonyl (C=O) groups is 3. The normalized spacial score (nSPS) is 16.0. The van der Waals surface area contributed by atoms with E-state index in [9.17, 15) is 19.5 Å². The molecule has 1 heterocycles. The number of carboxylic acids is 1. The zero-order valence-electron chi connectivity index (χ0n) is 15.7. The van der Waals surface area contributed by atoms with Gasteiger partial charge in [-0.05, 0) is 24.8 Å². The molecule has 0 saturated carbocycles. The zero-order chi connectivity index (χ0) is 19.6. The number of amides is 2. The number of piperidine rings is 1. The van der Waals surface area contributed by atoms with Crippen LogP contribution in [0.1, 0.15) is 31.2 Å². The molecular formula is C20H28N2O5. The molecule has 7 heteroatoms. The van der Waals surface area contributed by atoms with Crippen LogP contribution < -0.4 is 5.32 Å². The van der Waals surface area contributed by atoms with E-state index in [-0.39, 0.29) is 30.8 Å². The van der Waals surface area contributed by atoms with Crippen LogP contribution in [0.5, 0.6) is 0 Å². The third kappa shape index (κ3) is 6.67. The minimum atomic E-state index is -1.06. The molecule has 2 rings (SSSR count). The molecule has 1 saturated heterocycles. The third-order valence-electron chi connectivity index (χ3n) is 4.91. The number of rotatable bonds is 9. The number of aliphatic carboxylic acids is 1. The van der Waals surface area contributed by atoms with E-state index >= 15 is 0 Å². The predicted molar refractivity (Wildman–Crippen MR) is 100 cm³/mol. The van der Waals surface area contributed by atoms with Gasteiger partial charge in [-0.15, -0.1) is 0 Å². The van der Waals surface area contributed by atoms with E-state index in [0.29, 0.717) is 38.8 Å². The number of carbonyl (C=O) groups excluding carboxylic acids is 2. The lowest BCUT2D eigenvalue weighted by Crippen LogP contribution is -2.47. The number of hydrogen-bond acceptors (Lipinski definition) is 4. The first-order valence-corrected chi connectivity index (χ1v) is 9.35. The standard InChI is InChI=1S/C20H28N2O5/c1-27-14-11-17(20(25)26)21-19(24)16-9-12-22(13-10-16)18(23)8-7-15-5-3-2-4-6-15/h2-6,16-17H,7-14H2,1H3,(H,21,24)(H,25,26). The lowest BCUT2D eigenvalue weighted by molar-refractivity contribution is -0.143. The summed E-state index contributed by atoms with van der Waals surface area (Å²) in [6.07, 6.45) is 2.51. The van der Waals surface area contributed by atoms with E-state index < -0.39 is 12.0 Å². The third-order valence-corrected chi connectivity index (χ3v) is 4.91. The van der Waals surface area contributed by atoms with E-state index in [4.69, 9.17) is 4.74 Å². The second-order valence-corrected chi connectivity index (χ2v) is 6.82. The number of benzene rings is 1. The van der Waals surface area contributed by atoms with Crippen LogP contribution in [0.25, 0.3) is 0 Å². The molecule has 0 aromatic heterocycles. The van der Waals surface area contributed by atoms with Gasteiger partial charge in [-0.25, -0.2) is 4.79 Å². The smallest absolute Gasteiger partial charge is 0.326 e. The molecule has 0 spiro atoms. The molecule has 7 nitrogen and oxygen atoms in total. The van der Waals surface area contributed by atoms with Gasteiger partial charge in [0, 0.05) is 45.6 Å². The molecule has 1 aliphatic heterocycles. The Labute approximate surface area is 159 Å². The van der Waals surface area contributed by atoms with Crippen molar-refractivity contribution in [2.24, 2.45) is 5.92 Å². The Balaban J connectivity index is 1.75. The summed E-state index contributed by atoms with van der Waals surface area (Å²) < 4.78 is 4.89. The van der Waals surface area contributed by atoms with Crippen LogP contribution in [0.15, 0.2) is 30.3 Å². The number of likely N-dealkylation sites (tertiary alicyclic amines) is 1. The van der Waals surface area contributed by atoms with Gasteiger partial charge in [-0.3, -0.25) is 9.59 Å². The number of carboxylic acid groups (broad SMARTS) is 1. The number of nitrogens with one attached hydrogen (secondary N) is 1. The minimum absolute atomic E-state index is 0.0984. The summed E-state index contributed by atoms with van der Waals surface area (Å²) in [5.41, 5.74) is 1.14. The number of hydrogen-bond donors (Lipinski definition) is 2. The van der Waals surface area contributed by atoms with Gasteiger partial charge in [0.2, 0.25) is 11.8 Å². The summed E-state index contributed by atoms with van der Waals surface area (Å²) in [5, 5.41) is 11.8. The van der Waals surface area contributed by atoms with E-state index in [1.165, 1.54) is 7.11 Å². The summed E-state index contributed by atoms with van der Waals surface area (Å²) in [4.78, 5) is 37.7.